The van der Waals surface area contributed by atoms with Gasteiger partial charge < -0.3 is 10.1 Å². The van der Waals surface area contributed by atoms with Gasteiger partial charge in [-0.1, -0.05) is 72.8 Å². The monoisotopic (exact) mass is 494 g/mol. The number of esters is 1. The van der Waals surface area contributed by atoms with Crippen molar-refractivity contribution in [2.75, 3.05) is 0 Å². The molecule has 7 heteroatoms. The van der Waals surface area contributed by atoms with Gasteiger partial charge in [0.15, 0.2) is 5.78 Å². The van der Waals surface area contributed by atoms with Gasteiger partial charge in [-0.15, -0.1) is 0 Å². The Hall–Kier alpha value is -4.52. The second-order valence-electron chi connectivity index (χ2n) is 9.34. The summed E-state index contributed by atoms with van der Waals surface area (Å²) in [6.45, 7) is 1.86. The molecular weight excluding hydrogens is 468 g/mol. The summed E-state index contributed by atoms with van der Waals surface area (Å²) in [4.78, 5) is 38.2. The Bertz CT molecular complexity index is 1430. The summed E-state index contributed by atoms with van der Waals surface area (Å²) in [5.41, 5.74) is 4.43. The Morgan fingerprint density at radius 2 is 1.65 bits per heavy atom. The number of nitro groups is 1. The molecule has 3 aromatic carbocycles. The number of non-ortho nitro benzene ring substituents is 1. The largest absolute Gasteiger partial charge is 0.457 e. The summed E-state index contributed by atoms with van der Waals surface area (Å²) in [5.74, 6) is -1.40. The molecule has 0 unspecified atom stereocenters. The lowest BCUT2D eigenvalue weighted by molar-refractivity contribution is -0.384. The highest BCUT2D eigenvalue weighted by molar-refractivity contribution is 6.04. The molecule has 0 spiro atoms. The predicted molar refractivity (Wildman–Crippen MR) is 138 cm³/mol. The summed E-state index contributed by atoms with van der Waals surface area (Å²) in [6.07, 6.45) is 0.890. The minimum absolute atomic E-state index is 0.00471. The molecule has 0 saturated heterocycles. The first-order chi connectivity index (χ1) is 17.9. The SMILES string of the molecule is CC1=C(C(=O)OCc2ccccc2)[C@H](c2cccc([N+](=O)[O-])c2)C2=C(C[C@@H](c3ccccc3)CC2=O)N1. The average molecular weight is 495 g/mol. The zero-order valence-electron chi connectivity index (χ0n) is 20.3. The number of nitro benzene ring substituents is 1. The van der Waals surface area contributed by atoms with E-state index < -0.39 is 16.8 Å². The Morgan fingerprint density at radius 3 is 2.35 bits per heavy atom. The molecule has 186 valence electrons. The van der Waals surface area contributed by atoms with Crippen molar-refractivity contribution in [3.63, 3.8) is 0 Å². The van der Waals surface area contributed by atoms with Crippen molar-refractivity contribution in [3.8, 4) is 0 Å². The van der Waals surface area contributed by atoms with Gasteiger partial charge in [0.05, 0.1) is 10.5 Å². The van der Waals surface area contributed by atoms with Gasteiger partial charge in [-0.05, 0) is 36.0 Å². The fourth-order valence-corrected chi connectivity index (χ4v) is 5.22. The second-order valence-corrected chi connectivity index (χ2v) is 9.34. The molecule has 2 aliphatic rings. The van der Waals surface area contributed by atoms with Gasteiger partial charge in [0.2, 0.25) is 0 Å². The van der Waals surface area contributed by atoms with Crippen molar-refractivity contribution in [2.45, 2.75) is 38.2 Å². The number of benzene rings is 3. The van der Waals surface area contributed by atoms with E-state index in [1.807, 2.05) is 60.7 Å². The maximum atomic E-state index is 13.7. The molecule has 37 heavy (non-hydrogen) atoms. The Labute approximate surface area is 214 Å². The fraction of sp³-hybridized carbons (Fsp3) is 0.200. The fourth-order valence-electron chi connectivity index (χ4n) is 5.22. The van der Waals surface area contributed by atoms with Crippen LogP contribution in [0.2, 0.25) is 0 Å². The number of allylic oxidation sites excluding steroid dienone is 3. The van der Waals surface area contributed by atoms with Gasteiger partial charge in [-0.25, -0.2) is 4.79 Å². The van der Waals surface area contributed by atoms with E-state index >= 15 is 0 Å². The summed E-state index contributed by atoms with van der Waals surface area (Å²) in [5, 5.41) is 14.9. The van der Waals surface area contributed by atoms with Gasteiger partial charge in [-0.2, -0.15) is 0 Å². The van der Waals surface area contributed by atoms with Crippen molar-refractivity contribution in [1.82, 2.24) is 5.32 Å². The van der Waals surface area contributed by atoms with Crippen LogP contribution in [0.3, 0.4) is 0 Å². The van der Waals surface area contributed by atoms with Crippen molar-refractivity contribution >= 4 is 17.4 Å². The number of ketones is 1. The summed E-state index contributed by atoms with van der Waals surface area (Å²) < 4.78 is 5.67. The lowest BCUT2D eigenvalue weighted by atomic mass is 9.71. The quantitative estimate of drug-likeness (QED) is 0.268. The number of carbonyl (C=O) groups excluding carboxylic acids is 2. The van der Waals surface area contributed by atoms with E-state index in [0.717, 1.165) is 16.8 Å². The topological polar surface area (TPSA) is 98.5 Å². The zero-order chi connectivity index (χ0) is 25.9. The molecule has 1 heterocycles. The Morgan fingerprint density at radius 1 is 0.973 bits per heavy atom. The number of hydrogen-bond donors (Lipinski definition) is 1. The van der Waals surface area contributed by atoms with E-state index in [0.29, 0.717) is 35.2 Å². The van der Waals surface area contributed by atoms with Crippen molar-refractivity contribution < 1.29 is 19.2 Å². The molecule has 2 atom stereocenters. The van der Waals surface area contributed by atoms with Gasteiger partial charge >= 0.3 is 5.97 Å². The van der Waals surface area contributed by atoms with Crippen LogP contribution in [0.4, 0.5) is 5.69 Å². The highest BCUT2D eigenvalue weighted by Gasteiger charge is 2.41. The van der Waals surface area contributed by atoms with Crippen LogP contribution in [0, 0.1) is 10.1 Å². The smallest absolute Gasteiger partial charge is 0.337 e. The Balaban J connectivity index is 1.55. The third-order valence-corrected chi connectivity index (χ3v) is 6.95. The van der Waals surface area contributed by atoms with Crippen LogP contribution in [0.1, 0.15) is 48.3 Å². The van der Waals surface area contributed by atoms with Crippen molar-refractivity contribution in [1.29, 1.82) is 0 Å². The number of dihydropyridines is 1. The van der Waals surface area contributed by atoms with Crippen LogP contribution in [-0.2, 0) is 20.9 Å². The molecule has 0 amide bonds. The number of ether oxygens (including phenoxy) is 1. The second kappa shape index (κ2) is 10.2. The average Bonchev–Trinajstić information content (AvgIpc) is 2.92. The minimum Gasteiger partial charge on any atom is -0.457 e. The van der Waals surface area contributed by atoms with Gasteiger partial charge in [0.25, 0.3) is 5.69 Å². The van der Waals surface area contributed by atoms with Crippen molar-refractivity contribution in [3.05, 3.63) is 134 Å². The van der Waals surface area contributed by atoms with E-state index in [1.54, 1.807) is 19.1 Å². The standard InChI is InChI=1S/C30H26N2O5/c1-19-27(30(34)37-18-20-9-4-2-5-10-20)28(22-13-8-14-24(15-22)32(35)36)29-25(31-19)16-23(17-26(29)33)21-11-6-3-7-12-21/h2-15,23,28,31H,16-18H2,1H3/t23-,28+/m1/s1. The summed E-state index contributed by atoms with van der Waals surface area (Å²) >= 11 is 0. The van der Waals surface area contributed by atoms with E-state index in [2.05, 4.69) is 5.32 Å². The molecule has 0 radical (unpaired) electrons. The molecule has 7 nitrogen and oxygen atoms in total. The first kappa shape index (κ1) is 24.2. The molecule has 1 aliphatic heterocycles. The van der Waals surface area contributed by atoms with Gasteiger partial charge in [-0.3, -0.25) is 14.9 Å². The van der Waals surface area contributed by atoms with E-state index in [-0.39, 0.29) is 24.0 Å². The maximum absolute atomic E-state index is 13.7. The molecule has 0 saturated carbocycles. The van der Waals surface area contributed by atoms with Crippen molar-refractivity contribution in [2.24, 2.45) is 0 Å². The highest BCUT2D eigenvalue weighted by atomic mass is 16.6. The van der Waals surface area contributed by atoms with Gasteiger partial charge in [0.1, 0.15) is 6.61 Å². The predicted octanol–water partition coefficient (Wildman–Crippen LogP) is 5.70. The normalized spacial score (nSPS) is 19.2. The van der Waals surface area contributed by atoms with E-state index in [1.165, 1.54) is 12.1 Å². The molecule has 5 rings (SSSR count). The van der Waals surface area contributed by atoms with Crippen LogP contribution in [0.25, 0.3) is 0 Å². The maximum Gasteiger partial charge on any atom is 0.337 e. The molecule has 3 aromatic rings. The number of hydrogen-bond acceptors (Lipinski definition) is 6. The van der Waals surface area contributed by atoms with Crippen LogP contribution in [-0.4, -0.2) is 16.7 Å². The summed E-state index contributed by atoms with van der Waals surface area (Å²) in [6, 6.07) is 25.4. The molecule has 0 fully saturated rings. The Kier molecular flexibility index (Phi) is 6.68. The molecule has 0 bridgehead atoms. The third kappa shape index (κ3) is 4.93. The lowest BCUT2D eigenvalue weighted by Gasteiger charge is -2.36. The van der Waals surface area contributed by atoms with Crippen LogP contribution < -0.4 is 5.32 Å². The van der Waals surface area contributed by atoms with Crippen LogP contribution in [0.5, 0.6) is 0 Å². The van der Waals surface area contributed by atoms with Crippen LogP contribution >= 0.6 is 0 Å². The first-order valence-corrected chi connectivity index (χ1v) is 12.2. The first-order valence-electron chi connectivity index (χ1n) is 12.2. The number of rotatable bonds is 6. The molecule has 0 aromatic heterocycles. The molecule has 1 N–H and O–H groups in total. The highest BCUT2D eigenvalue weighted by Crippen LogP contribution is 2.46. The third-order valence-electron chi connectivity index (χ3n) is 6.95. The van der Waals surface area contributed by atoms with E-state index in [9.17, 15) is 19.7 Å². The number of nitrogens with zero attached hydrogens (tertiary/aromatic N) is 1. The zero-order valence-corrected chi connectivity index (χ0v) is 20.3. The molecular formula is C30H26N2O5. The van der Waals surface area contributed by atoms with Crippen LogP contribution in [0.15, 0.2) is 107 Å². The summed E-state index contributed by atoms with van der Waals surface area (Å²) in [7, 11) is 0. The lowest BCUT2D eigenvalue weighted by Crippen LogP contribution is -2.36. The molecule has 1 aliphatic carbocycles. The van der Waals surface area contributed by atoms with E-state index in [4.69, 9.17) is 4.74 Å². The number of carbonyl (C=O) groups is 2. The number of Topliss-reactive ketones (excluding diaryl/α,β-unsaturated/α-hetero) is 1. The number of nitrogens with one attached hydrogen (secondary N) is 1. The van der Waals surface area contributed by atoms with Gasteiger partial charge in [0, 0.05) is 41.4 Å². The minimum atomic E-state index is -0.761.